The first-order chi connectivity index (χ1) is 21.8. The first-order valence-electron chi connectivity index (χ1n) is 14.4. The first-order valence-corrected chi connectivity index (χ1v) is 16.1. The molecule has 0 amide bonds. The molecule has 0 aliphatic carbocycles. The number of ether oxygens (including phenoxy) is 3. The second-order valence-electron chi connectivity index (χ2n) is 10.1. The fourth-order valence-corrected chi connectivity index (χ4v) is 6.97. The van der Waals surface area contributed by atoms with Gasteiger partial charge < -0.3 is 29.7 Å². The van der Waals surface area contributed by atoms with Crippen molar-refractivity contribution in [2.24, 2.45) is 4.99 Å². The summed E-state index contributed by atoms with van der Waals surface area (Å²) in [6.07, 6.45) is 11.1. The topological polar surface area (TPSA) is 140 Å². The number of hydrogen-bond acceptors (Lipinski definition) is 10. The molecule has 0 radical (unpaired) electrons. The standard InChI is InChI=1S/C33H33N3O7S2/c1-4-6-7-12-43-33-29-28(41-13-14-42-29)30(45-33)27-9-8-26(44-27)19(5-2)15-22(34-3)24-17-21(32(39)40)18-25(36-24)23-16-20(31(37)38)10-11-35-23/h5,8-11,15-18,25,36H,2,4,6-7,12-14H2,1,3H3,(H,37,38)(H,39,40)/b19-15+,34-22?. The van der Waals surface area contributed by atoms with Crippen LogP contribution in [0.3, 0.4) is 0 Å². The highest BCUT2D eigenvalue weighted by Gasteiger charge is 2.28. The van der Waals surface area contributed by atoms with Crippen molar-refractivity contribution in [3.05, 3.63) is 88.7 Å². The van der Waals surface area contributed by atoms with Crippen LogP contribution in [0, 0.1) is 0 Å². The Labute approximate surface area is 268 Å². The van der Waals surface area contributed by atoms with E-state index < -0.39 is 18.0 Å². The molecule has 0 spiro atoms. The SMILES string of the molecule is C=C/C(=C\C(=NC)C1=CC(C(=O)O)=CC(c2cc(C(=O)O)ccn2)N1)c1ccc(-c2sc(OCCCCC)c3c2OCCO3)s1. The molecule has 0 fully saturated rings. The van der Waals surface area contributed by atoms with Gasteiger partial charge in [0.2, 0.25) is 10.8 Å². The summed E-state index contributed by atoms with van der Waals surface area (Å²) in [5.41, 5.74) is 2.16. The molecule has 0 saturated carbocycles. The number of pyridine rings is 1. The largest absolute Gasteiger partial charge is 0.484 e. The predicted octanol–water partition coefficient (Wildman–Crippen LogP) is 6.79. The van der Waals surface area contributed by atoms with Crippen molar-refractivity contribution in [3.8, 4) is 26.3 Å². The van der Waals surface area contributed by atoms with Crippen LogP contribution in [0.2, 0.25) is 0 Å². The molecule has 0 bridgehead atoms. The Balaban J connectivity index is 1.43. The molecule has 12 heteroatoms. The molecule has 3 aromatic rings. The zero-order valence-corrected chi connectivity index (χ0v) is 26.5. The molecule has 3 N–H and O–H groups in total. The Kier molecular flexibility index (Phi) is 10.2. The number of hydrogen-bond donors (Lipinski definition) is 3. The number of dihydropyridines is 1. The number of aromatic nitrogens is 1. The Bertz CT molecular complexity index is 1730. The van der Waals surface area contributed by atoms with Crippen LogP contribution in [0.25, 0.3) is 15.3 Å². The van der Waals surface area contributed by atoms with Gasteiger partial charge in [-0.15, -0.1) is 11.3 Å². The number of aliphatic imine (C=N–C) groups is 1. The minimum atomic E-state index is -1.13. The van der Waals surface area contributed by atoms with Crippen molar-refractivity contribution in [2.75, 3.05) is 26.9 Å². The monoisotopic (exact) mass is 647 g/mol. The van der Waals surface area contributed by atoms with Crippen LogP contribution < -0.4 is 19.5 Å². The Morgan fingerprint density at radius 2 is 1.96 bits per heavy atom. The molecular weight excluding hydrogens is 615 g/mol. The average molecular weight is 648 g/mol. The molecule has 10 nitrogen and oxygen atoms in total. The van der Waals surface area contributed by atoms with E-state index in [4.69, 9.17) is 14.2 Å². The smallest absolute Gasteiger partial charge is 0.335 e. The highest BCUT2D eigenvalue weighted by molar-refractivity contribution is 7.24. The Morgan fingerprint density at radius 3 is 2.67 bits per heavy atom. The number of nitrogens with one attached hydrogen (secondary N) is 1. The van der Waals surface area contributed by atoms with Crippen LogP contribution >= 0.6 is 22.7 Å². The number of rotatable bonds is 13. The molecule has 45 heavy (non-hydrogen) atoms. The zero-order valence-electron chi connectivity index (χ0n) is 24.9. The number of thiophene rings is 2. The molecule has 1 unspecified atom stereocenters. The summed E-state index contributed by atoms with van der Waals surface area (Å²) >= 11 is 3.07. The molecule has 2 aliphatic rings. The number of carboxylic acid groups (broad SMARTS) is 2. The second kappa shape index (κ2) is 14.4. The summed E-state index contributed by atoms with van der Waals surface area (Å²) in [6.45, 7) is 7.72. The molecule has 2 aliphatic heterocycles. The van der Waals surface area contributed by atoms with Gasteiger partial charge in [0.05, 0.1) is 45.8 Å². The fourth-order valence-electron chi connectivity index (χ4n) is 4.78. The summed E-state index contributed by atoms with van der Waals surface area (Å²) in [4.78, 5) is 35.1. The van der Waals surface area contributed by atoms with Gasteiger partial charge >= 0.3 is 11.9 Å². The van der Waals surface area contributed by atoms with Crippen LogP contribution in [-0.2, 0) is 4.79 Å². The number of aromatic carboxylic acids is 1. The Morgan fingerprint density at radius 1 is 1.16 bits per heavy atom. The van der Waals surface area contributed by atoms with E-state index in [2.05, 4.69) is 28.8 Å². The van der Waals surface area contributed by atoms with Crippen LogP contribution in [0.5, 0.6) is 16.6 Å². The number of fused-ring (bicyclic) bond motifs is 1. The third kappa shape index (κ3) is 7.18. The Hall–Kier alpha value is -4.68. The summed E-state index contributed by atoms with van der Waals surface area (Å²) in [5, 5.41) is 23.3. The molecule has 234 valence electrons. The summed E-state index contributed by atoms with van der Waals surface area (Å²) < 4.78 is 18.0. The van der Waals surface area contributed by atoms with E-state index in [-0.39, 0.29) is 11.1 Å². The van der Waals surface area contributed by atoms with Gasteiger partial charge in [0.25, 0.3) is 0 Å². The van der Waals surface area contributed by atoms with Crippen LogP contribution in [0.15, 0.2) is 77.6 Å². The minimum Gasteiger partial charge on any atom is -0.484 e. The van der Waals surface area contributed by atoms with E-state index in [9.17, 15) is 19.8 Å². The van der Waals surface area contributed by atoms with Crippen molar-refractivity contribution in [3.63, 3.8) is 0 Å². The van der Waals surface area contributed by atoms with Gasteiger partial charge in [-0.3, -0.25) is 9.98 Å². The number of nitrogens with zero attached hydrogens (tertiary/aromatic N) is 2. The molecule has 5 heterocycles. The lowest BCUT2D eigenvalue weighted by Crippen LogP contribution is -2.29. The highest BCUT2D eigenvalue weighted by atomic mass is 32.1. The van der Waals surface area contributed by atoms with Crippen molar-refractivity contribution in [2.45, 2.75) is 32.2 Å². The summed E-state index contributed by atoms with van der Waals surface area (Å²) in [7, 11) is 1.61. The molecule has 5 rings (SSSR count). The van der Waals surface area contributed by atoms with Crippen molar-refractivity contribution >= 4 is 45.9 Å². The fraction of sp³-hybridized carbons (Fsp3) is 0.273. The quantitative estimate of drug-likeness (QED) is 0.104. The normalized spacial score (nSPS) is 16.4. The lowest BCUT2D eigenvalue weighted by molar-refractivity contribution is -0.132. The minimum absolute atomic E-state index is 0.0294. The number of unbranched alkanes of at least 4 members (excludes halogenated alkanes) is 2. The van der Waals surface area contributed by atoms with E-state index in [0.29, 0.717) is 48.4 Å². The maximum atomic E-state index is 12.0. The van der Waals surface area contributed by atoms with Gasteiger partial charge in [-0.25, -0.2) is 9.59 Å². The van der Waals surface area contributed by atoms with E-state index in [0.717, 1.165) is 44.5 Å². The maximum Gasteiger partial charge on any atom is 0.335 e. The van der Waals surface area contributed by atoms with E-state index in [1.165, 1.54) is 41.8 Å². The van der Waals surface area contributed by atoms with Gasteiger partial charge in [-0.1, -0.05) is 43.8 Å². The molecule has 1 atom stereocenters. The average Bonchev–Trinajstić information content (AvgIpc) is 3.69. The lowest BCUT2D eigenvalue weighted by Gasteiger charge is -2.23. The third-order valence-corrected chi connectivity index (χ3v) is 9.42. The van der Waals surface area contributed by atoms with Gasteiger partial charge in [-0.2, -0.15) is 0 Å². The van der Waals surface area contributed by atoms with Crippen molar-refractivity contribution < 1.29 is 34.0 Å². The number of allylic oxidation sites excluding steroid dienone is 3. The van der Waals surface area contributed by atoms with Crippen molar-refractivity contribution in [1.82, 2.24) is 10.3 Å². The van der Waals surface area contributed by atoms with E-state index in [1.54, 1.807) is 24.5 Å². The second-order valence-corrected chi connectivity index (χ2v) is 12.2. The summed E-state index contributed by atoms with van der Waals surface area (Å²) in [5.74, 6) is -0.876. The number of carboxylic acids is 2. The van der Waals surface area contributed by atoms with Crippen LogP contribution in [0.4, 0.5) is 0 Å². The third-order valence-electron chi connectivity index (χ3n) is 7.04. The maximum absolute atomic E-state index is 12.0. The molecule has 0 aromatic carbocycles. The van der Waals surface area contributed by atoms with Gasteiger partial charge in [0.1, 0.15) is 13.2 Å². The van der Waals surface area contributed by atoms with Gasteiger partial charge in [0, 0.05) is 23.0 Å². The lowest BCUT2D eigenvalue weighted by atomic mass is 9.99. The highest BCUT2D eigenvalue weighted by Crippen LogP contribution is 2.55. The number of aliphatic carboxylic acids is 1. The van der Waals surface area contributed by atoms with Gasteiger partial charge in [0.15, 0.2) is 5.75 Å². The van der Waals surface area contributed by atoms with E-state index in [1.807, 2.05) is 18.2 Å². The summed E-state index contributed by atoms with van der Waals surface area (Å²) in [6, 6.07) is 6.12. The van der Waals surface area contributed by atoms with E-state index >= 15 is 0 Å². The van der Waals surface area contributed by atoms with Gasteiger partial charge in [-0.05, 0) is 54.5 Å². The van der Waals surface area contributed by atoms with Crippen molar-refractivity contribution in [1.29, 1.82) is 0 Å². The van der Waals surface area contributed by atoms with Crippen LogP contribution in [0.1, 0.15) is 53.2 Å². The zero-order chi connectivity index (χ0) is 31.9. The predicted molar refractivity (Wildman–Crippen MR) is 176 cm³/mol. The molecular formula is C33H33N3O7S2. The molecule has 3 aromatic heterocycles. The number of carbonyl (C=O) groups is 2. The first kappa shape index (κ1) is 31.7. The van der Waals surface area contributed by atoms with Crippen LogP contribution in [-0.4, -0.2) is 59.7 Å². The molecule has 0 saturated heterocycles.